The number of carbonyl (C=O) groups is 3. The Morgan fingerprint density at radius 1 is 0.977 bits per heavy atom. The SMILES string of the molecule is CC(C)(CC(C)(C)C(=O)Nc1ccc(N2CCN(CCCCOc3ccc4c(c3)NC(=O)CC4)CC2)c(Cl)c1Cl)C(=O)O. The Morgan fingerprint density at radius 2 is 1.70 bits per heavy atom. The normalized spacial score (nSPS) is 16.0. The van der Waals surface area contributed by atoms with E-state index in [1.54, 1.807) is 33.8 Å². The lowest BCUT2D eigenvalue weighted by Gasteiger charge is -2.36. The van der Waals surface area contributed by atoms with Crippen LogP contribution in [0.4, 0.5) is 17.1 Å². The molecule has 2 amide bonds. The van der Waals surface area contributed by atoms with Crippen molar-refractivity contribution in [3.05, 3.63) is 45.9 Å². The van der Waals surface area contributed by atoms with Crippen molar-refractivity contribution < 1.29 is 24.2 Å². The molecule has 2 heterocycles. The standard InChI is InChI=1S/C32H42Cl2N4O5/c1-31(2,20-32(3,4)30(41)42)29(40)36-23-10-11-25(28(34)27(23)33)38-16-14-37(15-17-38)13-5-6-18-43-22-9-7-21-8-12-26(39)35-24(21)19-22/h7,9-11,19H,5-6,8,12-18,20H2,1-4H3,(H,35,39)(H,36,40)(H,41,42). The van der Waals surface area contributed by atoms with E-state index in [0.717, 1.165) is 74.7 Å². The molecule has 2 aliphatic heterocycles. The Kier molecular flexibility index (Phi) is 10.5. The van der Waals surface area contributed by atoms with Crippen molar-refractivity contribution in [1.82, 2.24) is 4.90 Å². The molecule has 0 spiro atoms. The first-order valence-electron chi connectivity index (χ1n) is 14.8. The molecule has 43 heavy (non-hydrogen) atoms. The lowest BCUT2D eigenvalue weighted by atomic mass is 9.74. The molecule has 2 aromatic carbocycles. The van der Waals surface area contributed by atoms with E-state index in [2.05, 4.69) is 20.4 Å². The molecule has 0 radical (unpaired) electrons. The number of piperazine rings is 1. The molecule has 11 heteroatoms. The van der Waals surface area contributed by atoms with Gasteiger partial charge in [-0.05, 0) is 69.8 Å². The number of carboxylic acids is 1. The van der Waals surface area contributed by atoms with Crippen molar-refractivity contribution in [2.24, 2.45) is 10.8 Å². The van der Waals surface area contributed by atoms with Gasteiger partial charge in [-0.25, -0.2) is 0 Å². The van der Waals surface area contributed by atoms with E-state index < -0.39 is 16.8 Å². The molecule has 9 nitrogen and oxygen atoms in total. The van der Waals surface area contributed by atoms with E-state index in [9.17, 15) is 19.5 Å². The lowest BCUT2D eigenvalue weighted by Crippen LogP contribution is -2.46. The van der Waals surface area contributed by atoms with Gasteiger partial charge in [0.1, 0.15) is 5.75 Å². The van der Waals surface area contributed by atoms with Gasteiger partial charge in [-0.2, -0.15) is 0 Å². The summed E-state index contributed by atoms with van der Waals surface area (Å²) >= 11 is 13.3. The van der Waals surface area contributed by atoms with Crippen molar-refractivity contribution in [2.45, 2.75) is 59.8 Å². The largest absolute Gasteiger partial charge is 0.494 e. The predicted molar refractivity (Wildman–Crippen MR) is 172 cm³/mol. The van der Waals surface area contributed by atoms with E-state index in [4.69, 9.17) is 27.9 Å². The number of fused-ring (bicyclic) bond motifs is 1. The third-order valence-electron chi connectivity index (χ3n) is 8.21. The summed E-state index contributed by atoms with van der Waals surface area (Å²) in [5.74, 6) is -0.438. The quantitative estimate of drug-likeness (QED) is 0.235. The maximum absolute atomic E-state index is 13.0. The number of hydrogen-bond donors (Lipinski definition) is 3. The number of carbonyl (C=O) groups excluding carboxylic acids is 2. The molecule has 3 N–H and O–H groups in total. The van der Waals surface area contributed by atoms with Crippen molar-refractivity contribution >= 4 is 58.0 Å². The van der Waals surface area contributed by atoms with Gasteiger partial charge in [-0.15, -0.1) is 0 Å². The van der Waals surface area contributed by atoms with Crippen LogP contribution in [-0.4, -0.2) is 67.1 Å². The van der Waals surface area contributed by atoms with Crippen LogP contribution in [0, 0.1) is 10.8 Å². The average Bonchev–Trinajstić information content (AvgIpc) is 2.95. The van der Waals surface area contributed by atoms with E-state index in [0.29, 0.717) is 23.7 Å². The number of nitrogens with zero attached hydrogens (tertiary/aromatic N) is 2. The van der Waals surface area contributed by atoms with Crippen LogP contribution in [0.15, 0.2) is 30.3 Å². The van der Waals surface area contributed by atoms with Crippen LogP contribution in [-0.2, 0) is 20.8 Å². The summed E-state index contributed by atoms with van der Waals surface area (Å²) in [7, 11) is 0. The second kappa shape index (κ2) is 13.7. The molecule has 0 aromatic heterocycles. The maximum atomic E-state index is 13.0. The van der Waals surface area contributed by atoms with Gasteiger partial charge >= 0.3 is 5.97 Å². The monoisotopic (exact) mass is 632 g/mol. The molecule has 0 atom stereocenters. The van der Waals surface area contributed by atoms with Crippen LogP contribution in [0.1, 0.15) is 58.9 Å². The fraction of sp³-hybridized carbons (Fsp3) is 0.531. The number of anilines is 3. The van der Waals surface area contributed by atoms with Crippen LogP contribution in [0.25, 0.3) is 0 Å². The average molecular weight is 634 g/mol. The number of aliphatic carboxylic acids is 1. The molecule has 2 aliphatic rings. The van der Waals surface area contributed by atoms with E-state index in [-0.39, 0.29) is 23.3 Å². The minimum Gasteiger partial charge on any atom is -0.494 e. The number of ether oxygens (including phenoxy) is 1. The van der Waals surface area contributed by atoms with E-state index in [1.807, 2.05) is 24.3 Å². The van der Waals surface area contributed by atoms with Crippen molar-refractivity contribution in [3.8, 4) is 5.75 Å². The molecular formula is C32H42Cl2N4O5. The van der Waals surface area contributed by atoms with Crippen molar-refractivity contribution in [3.63, 3.8) is 0 Å². The minimum atomic E-state index is -1.05. The van der Waals surface area contributed by atoms with E-state index >= 15 is 0 Å². The van der Waals surface area contributed by atoms with Crippen LogP contribution in [0.5, 0.6) is 5.75 Å². The van der Waals surface area contributed by atoms with Crippen LogP contribution in [0.3, 0.4) is 0 Å². The first-order chi connectivity index (χ1) is 20.3. The molecule has 0 saturated carbocycles. The highest BCUT2D eigenvalue weighted by Gasteiger charge is 2.39. The smallest absolute Gasteiger partial charge is 0.309 e. The fourth-order valence-corrected chi connectivity index (χ4v) is 6.20. The molecular weight excluding hydrogens is 591 g/mol. The molecule has 0 bridgehead atoms. The highest BCUT2D eigenvalue weighted by Crippen LogP contribution is 2.40. The molecule has 1 fully saturated rings. The van der Waals surface area contributed by atoms with Gasteiger partial charge in [0.2, 0.25) is 11.8 Å². The second-order valence-electron chi connectivity index (χ2n) is 12.7. The first-order valence-corrected chi connectivity index (χ1v) is 15.6. The van der Waals surface area contributed by atoms with Gasteiger partial charge in [0.15, 0.2) is 0 Å². The summed E-state index contributed by atoms with van der Waals surface area (Å²) in [5.41, 5.74) is 1.25. The summed E-state index contributed by atoms with van der Waals surface area (Å²) in [6, 6.07) is 9.53. The van der Waals surface area contributed by atoms with Crippen molar-refractivity contribution in [1.29, 1.82) is 0 Å². The lowest BCUT2D eigenvalue weighted by molar-refractivity contribution is -0.149. The van der Waals surface area contributed by atoms with Crippen LogP contribution in [0.2, 0.25) is 10.0 Å². The molecule has 4 rings (SSSR count). The topological polar surface area (TPSA) is 111 Å². The van der Waals surface area contributed by atoms with Crippen molar-refractivity contribution in [2.75, 3.05) is 54.9 Å². The second-order valence-corrected chi connectivity index (χ2v) is 13.5. The molecule has 0 aliphatic carbocycles. The zero-order valence-corrected chi connectivity index (χ0v) is 26.9. The Bertz CT molecular complexity index is 1360. The summed E-state index contributed by atoms with van der Waals surface area (Å²) < 4.78 is 5.92. The van der Waals surface area contributed by atoms with Crippen LogP contribution >= 0.6 is 23.2 Å². The van der Waals surface area contributed by atoms with Gasteiger partial charge in [0, 0.05) is 49.8 Å². The first kappa shape index (κ1) is 32.9. The number of unbranched alkanes of at least 4 members (excludes halogenated alkanes) is 1. The molecule has 234 valence electrons. The zero-order chi connectivity index (χ0) is 31.4. The van der Waals surface area contributed by atoms with Crippen LogP contribution < -0.4 is 20.3 Å². The van der Waals surface area contributed by atoms with Gasteiger partial charge in [-0.1, -0.05) is 43.1 Å². The molecule has 1 saturated heterocycles. The van der Waals surface area contributed by atoms with Gasteiger partial charge in [0.05, 0.1) is 33.4 Å². The van der Waals surface area contributed by atoms with Gasteiger partial charge < -0.3 is 25.4 Å². The summed E-state index contributed by atoms with van der Waals surface area (Å²) in [6.45, 7) is 11.7. The Labute approximate surface area is 263 Å². The number of rotatable bonds is 12. The summed E-state index contributed by atoms with van der Waals surface area (Å²) in [5, 5.41) is 15.9. The Morgan fingerprint density at radius 3 is 2.40 bits per heavy atom. The Balaban J connectivity index is 1.22. The summed E-state index contributed by atoms with van der Waals surface area (Å²) in [4.78, 5) is 40.9. The summed E-state index contributed by atoms with van der Waals surface area (Å²) in [6.07, 6.45) is 3.42. The third-order valence-corrected chi connectivity index (χ3v) is 9.09. The number of nitrogens with one attached hydrogen (secondary N) is 2. The molecule has 0 unspecified atom stereocenters. The van der Waals surface area contributed by atoms with Gasteiger partial charge in [-0.3, -0.25) is 19.3 Å². The Hall–Kier alpha value is -3.01. The predicted octanol–water partition coefficient (Wildman–Crippen LogP) is 6.32. The number of amides is 2. The number of hydrogen-bond acceptors (Lipinski definition) is 6. The number of halogens is 2. The third kappa shape index (κ3) is 8.34. The highest BCUT2D eigenvalue weighted by atomic mass is 35.5. The molecule has 2 aromatic rings. The number of benzene rings is 2. The maximum Gasteiger partial charge on any atom is 0.309 e. The van der Waals surface area contributed by atoms with E-state index in [1.165, 1.54) is 0 Å². The fourth-order valence-electron chi connectivity index (χ4n) is 5.71. The number of carboxylic acid groups (broad SMARTS) is 1. The number of aryl methyl sites for hydroxylation is 1. The van der Waals surface area contributed by atoms with Gasteiger partial charge in [0.25, 0.3) is 0 Å². The minimum absolute atomic E-state index is 0.0516. The zero-order valence-electron chi connectivity index (χ0n) is 25.4. The highest BCUT2D eigenvalue weighted by molar-refractivity contribution is 6.45.